The molecule has 2 heterocycles. The van der Waals surface area contributed by atoms with E-state index in [1.165, 1.54) is 18.6 Å². The molecule has 0 unspecified atom stereocenters. The van der Waals surface area contributed by atoms with Crippen LogP contribution in [0.4, 0.5) is 5.69 Å². The first-order valence-corrected chi connectivity index (χ1v) is 9.09. The number of nitrogens with zero attached hydrogens (tertiary/aromatic N) is 3. The van der Waals surface area contributed by atoms with Crippen LogP contribution in [0, 0.1) is 0 Å². The molecule has 2 aromatic rings. The number of amides is 2. The molecule has 0 spiro atoms. The summed E-state index contributed by atoms with van der Waals surface area (Å²) in [4.78, 5) is 30.2. The van der Waals surface area contributed by atoms with Crippen LogP contribution < -0.4 is 4.90 Å². The Bertz CT molecular complexity index is 838. The standard InChI is InChI=1S/C20H22ClN3O3/c1-22(2)17-5-3-15(18(21)13-17)4-6-19(25)23-8-10-24(11-9-23)20(26)16-7-12-27-14-16/h3-7,12-14H,8-11H2,1-2H3. The Morgan fingerprint density at radius 3 is 2.41 bits per heavy atom. The molecule has 1 aliphatic heterocycles. The van der Waals surface area contributed by atoms with Gasteiger partial charge in [-0.1, -0.05) is 17.7 Å². The molecule has 0 radical (unpaired) electrons. The van der Waals surface area contributed by atoms with Crippen molar-refractivity contribution in [3.63, 3.8) is 0 Å². The van der Waals surface area contributed by atoms with Gasteiger partial charge in [0.15, 0.2) is 0 Å². The number of piperazine rings is 1. The molecule has 1 aliphatic rings. The van der Waals surface area contributed by atoms with Gasteiger partial charge in [0, 0.05) is 57.1 Å². The van der Waals surface area contributed by atoms with Gasteiger partial charge in [-0.05, 0) is 29.8 Å². The third kappa shape index (κ3) is 4.52. The normalized spacial score (nSPS) is 14.6. The average Bonchev–Trinajstić information content (AvgIpc) is 3.21. The van der Waals surface area contributed by atoms with Gasteiger partial charge in [0.2, 0.25) is 5.91 Å². The van der Waals surface area contributed by atoms with Gasteiger partial charge in [0.1, 0.15) is 6.26 Å². The molecule has 0 bridgehead atoms. The number of anilines is 1. The van der Waals surface area contributed by atoms with E-state index in [2.05, 4.69) is 0 Å². The maximum atomic E-state index is 12.4. The molecule has 3 rings (SSSR count). The first-order chi connectivity index (χ1) is 13.0. The minimum Gasteiger partial charge on any atom is -0.472 e. The Morgan fingerprint density at radius 2 is 1.81 bits per heavy atom. The molecule has 0 atom stereocenters. The van der Waals surface area contributed by atoms with Gasteiger partial charge in [-0.25, -0.2) is 0 Å². The van der Waals surface area contributed by atoms with Gasteiger partial charge in [0.05, 0.1) is 11.8 Å². The van der Waals surface area contributed by atoms with Crippen LogP contribution in [-0.2, 0) is 4.79 Å². The zero-order valence-electron chi connectivity index (χ0n) is 15.4. The van der Waals surface area contributed by atoms with Crippen molar-refractivity contribution in [3.8, 4) is 0 Å². The van der Waals surface area contributed by atoms with E-state index in [4.69, 9.17) is 16.0 Å². The van der Waals surface area contributed by atoms with Gasteiger partial charge < -0.3 is 19.1 Å². The van der Waals surface area contributed by atoms with E-state index in [0.717, 1.165) is 11.3 Å². The van der Waals surface area contributed by atoms with Crippen molar-refractivity contribution in [2.75, 3.05) is 45.2 Å². The van der Waals surface area contributed by atoms with Crippen LogP contribution in [0.5, 0.6) is 0 Å². The first-order valence-electron chi connectivity index (χ1n) is 8.71. The second-order valence-corrected chi connectivity index (χ2v) is 6.97. The lowest BCUT2D eigenvalue weighted by molar-refractivity contribution is -0.127. The maximum absolute atomic E-state index is 12.4. The van der Waals surface area contributed by atoms with Crippen molar-refractivity contribution < 1.29 is 14.0 Å². The highest BCUT2D eigenvalue weighted by atomic mass is 35.5. The van der Waals surface area contributed by atoms with Crippen LogP contribution in [0.3, 0.4) is 0 Å². The van der Waals surface area contributed by atoms with Crippen molar-refractivity contribution in [3.05, 3.63) is 59.0 Å². The smallest absolute Gasteiger partial charge is 0.257 e. The molecule has 0 saturated carbocycles. The Balaban J connectivity index is 1.56. The minimum absolute atomic E-state index is 0.0702. The molecule has 0 aliphatic carbocycles. The Morgan fingerprint density at radius 1 is 1.11 bits per heavy atom. The summed E-state index contributed by atoms with van der Waals surface area (Å²) in [6.45, 7) is 2.00. The largest absolute Gasteiger partial charge is 0.472 e. The highest BCUT2D eigenvalue weighted by Crippen LogP contribution is 2.23. The quantitative estimate of drug-likeness (QED) is 0.757. The van der Waals surface area contributed by atoms with Gasteiger partial charge in [0.25, 0.3) is 5.91 Å². The summed E-state index contributed by atoms with van der Waals surface area (Å²) >= 11 is 6.29. The topological polar surface area (TPSA) is 57.0 Å². The number of hydrogen-bond donors (Lipinski definition) is 0. The minimum atomic E-state index is -0.0850. The molecule has 7 heteroatoms. The molecule has 6 nitrogen and oxygen atoms in total. The predicted molar refractivity (Wildman–Crippen MR) is 106 cm³/mol. The summed E-state index contributed by atoms with van der Waals surface area (Å²) in [6.07, 6.45) is 6.18. The molecule has 1 aromatic heterocycles. The second kappa shape index (κ2) is 8.31. The van der Waals surface area contributed by atoms with E-state index < -0.39 is 0 Å². The van der Waals surface area contributed by atoms with E-state index in [0.29, 0.717) is 36.8 Å². The fourth-order valence-electron chi connectivity index (χ4n) is 2.89. The summed E-state index contributed by atoms with van der Waals surface area (Å²) < 4.78 is 4.96. The van der Waals surface area contributed by atoms with E-state index in [9.17, 15) is 9.59 Å². The zero-order chi connectivity index (χ0) is 19.4. The molecule has 2 amide bonds. The van der Waals surface area contributed by atoms with E-state index >= 15 is 0 Å². The number of carbonyl (C=O) groups excluding carboxylic acids is 2. The van der Waals surface area contributed by atoms with Crippen molar-refractivity contribution in [2.24, 2.45) is 0 Å². The molecule has 142 valence electrons. The number of rotatable bonds is 4. The SMILES string of the molecule is CN(C)c1ccc(C=CC(=O)N2CCN(C(=O)c3ccoc3)CC2)c(Cl)c1. The van der Waals surface area contributed by atoms with Gasteiger partial charge >= 0.3 is 0 Å². The second-order valence-electron chi connectivity index (χ2n) is 6.56. The Hall–Kier alpha value is -2.73. The molecule has 1 fully saturated rings. The molecule has 1 saturated heterocycles. The molecule has 27 heavy (non-hydrogen) atoms. The Kier molecular flexibility index (Phi) is 5.86. The lowest BCUT2D eigenvalue weighted by Gasteiger charge is -2.34. The van der Waals surface area contributed by atoms with Crippen molar-refractivity contribution in [2.45, 2.75) is 0 Å². The molecule has 0 N–H and O–H groups in total. The first kappa shape index (κ1) is 19.0. The fraction of sp³-hybridized carbons (Fsp3) is 0.300. The predicted octanol–water partition coefficient (Wildman–Crippen LogP) is 3.00. The number of benzene rings is 1. The summed E-state index contributed by atoms with van der Waals surface area (Å²) in [5.74, 6) is -0.155. The van der Waals surface area contributed by atoms with Crippen molar-refractivity contribution in [1.29, 1.82) is 0 Å². The summed E-state index contributed by atoms with van der Waals surface area (Å²) in [6, 6.07) is 7.36. The number of halogens is 1. The number of hydrogen-bond acceptors (Lipinski definition) is 4. The summed E-state index contributed by atoms with van der Waals surface area (Å²) in [5.41, 5.74) is 2.33. The zero-order valence-corrected chi connectivity index (χ0v) is 16.1. The molecular formula is C20H22ClN3O3. The highest BCUT2D eigenvalue weighted by molar-refractivity contribution is 6.32. The monoisotopic (exact) mass is 387 g/mol. The lowest BCUT2D eigenvalue weighted by atomic mass is 10.1. The van der Waals surface area contributed by atoms with Gasteiger partial charge in [-0.2, -0.15) is 0 Å². The third-order valence-electron chi connectivity index (χ3n) is 4.55. The van der Waals surface area contributed by atoms with Crippen LogP contribution in [0.25, 0.3) is 6.08 Å². The Labute approximate surface area is 163 Å². The van der Waals surface area contributed by atoms with Crippen LogP contribution >= 0.6 is 11.6 Å². The number of furan rings is 1. The molecular weight excluding hydrogens is 366 g/mol. The van der Waals surface area contributed by atoms with E-state index in [1.807, 2.05) is 37.2 Å². The fourth-order valence-corrected chi connectivity index (χ4v) is 3.13. The van der Waals surface area contributed by atoms with Crippen LogP contribution in [0.15, 0.2) is 47.3 Å². The van der Waals surface area contributed by atoms with Crippen LogP contribution in [-0.4, -0.2) is 61.9 Å². The van der Waals surface area contributed by atoms with E-state index in [1.54, 1.807) is 21.9 Å². The van der Waals surface area contributed by atoms with Gasteiger partial charge in [-0.3, -0.25) is 9.59 Å². The lowest BCUT2D eigenvalue weighted by Crippen LogP contribution is -2.50. The summed E-state index contributed by atoms with van der Waals surface area (Å²) in [5, 5.41) is 0.598. The van der Waals surface area contributed by atoms with Gasteiger partial charge in [-0.15, -0.1) is 0 Å². The van der Waals surface area contributed by atoms with Crippen LogP contribution in [0.2, 0.25) is 5.02 Å². The molecule has 1 aromatic carbocycles. The summed E-state index contributed by atoms with van der Waals surface area (Å²) in [7, 11) is 3.89. The third-order valence-corrected chi connectivity index (χ3v) is 4.88. The average molecular weight is 388 g/mol. The highest BCUT2D eigenvalue weighted by Gasteiger charge is 2.24. The van der Waals surface area contributed by atoms with Crippen molar-refractivity contribution in [1.82, 2.24) is 9.80 Å². The number of carbonyl (C=O) groups is 2. The van der Waals surface area contributed by atoms with Crippen LogP contribution in [0.1, 0.15) is 15.9 Å². The maximum Gasteiger partial charge on any atom is 0.257 e. The van der Waals surface area contributed by atoms with Crippen molar-refractivity contribution >= 4 is 35.2 Å². The van der Waals surface area contributed by atoms with E-state index in [-0.39, 0.29) is 11.8 Å².